The van der Waals surface area contributed by atoms with Crippen LogP contribution in [0.1, 0.15) is 23.0 Å². The minimum atomic E-state index is -0.455. The van der Waals surface area contributed by atoms with Gasteiger partial charge in [-0.05, 0) is 36.1 Å². The maximum atomic E-state index is 13.2. The lowest BCUT2D eigenvalue weighted by Gasteiger charge is -2.19. The van der Waals surface area contributed by atoms with E-state index in [1.54, 1.807) is 12.1 Å². The Bertz CT molecular complexity index is 668. The number of esters is 1. The Balaban J connectivity index is 2.27. The first kappa shape index (κ1) is 15.4. The lowest BCUT2D eigenvalue weighted by atomic mass is 10.2. The number of hydrogen-bond acceptors (Lipinski definition) is 4. The molecule has 21 heavy (non-hydrogen) atoms. The van der Waals surface area contributed by atoms with Gasteiger partial charge in [-0.15, -0.1) is 11.3 Å². The number of hydrogen-bond donors (Lipinski definition) is 0. The van der Waals surface area contributed by atoms with Crippen LogP contribution in [0.5, 0.6) is 0 Å². The first-order valence-electron chi connectivity index (χ1n) is 6.60. The van der Waals surface area contributed by atoms with E-state index in [9.17, 15) is 14.0 Å². The minimum Gasteiger partial charge on any atom is -0.468 e. The van der Waals surface area contributed by atoms with Gasteiger partial charge in [-0.25, -0.2) is 4.39 Å². The molecule has 1 heterocycles. The lowest BCUT2D eigenvalue weighted by molar-refractivity contribution is -0.141. The second-order valence-corrected chi connectivity index (χ2v) is 5.68. The first-order valence-corrected chi connectivity index (χ1v) is 7.42. The molecule has 0 bridgehead atoms. The maximum absolute atomic E-state index is 13.2. The van der Waals surface area contributed by atoms with Crippen molar-refractivity contribution >= 4 is 33.3 Å². The Kier molecular flexibility index (Phi) is 4.90. The number of halogens is 1. The van der Waals surface area contributed by atoms with E-state index in [2.05, 4.69) is 4.74 Å². The predicted molar refractivity (Wildman–Crippen MR) is 80.0 cm³/mol. The van der Waals surface area contributed by atoms with Gasteiger partial charge < -0.3 is 9.64 Å². The second-order valence-electron chi connectivity index (χ2n) is 4.60. The van der Waals surface area contributed by atoms with Gasteiger partial charge in [-0.1, -0.05) is 6.92 Å². The molecule has 0 spiro atoms. The summed E-state index contributed by atoms with van der Waals surface area (Å²) in [5, 5.41) is 0.692. The normalized spacial score (nSPS) is 10.6. The molecule has 0 N–H and O–H groups in total. The number of thiophene rings is 1. The molecule has 0 saturated carbocycles. The van der Waals surface area contributed by atoms with Gasteiger partial charge in [-0.2, -0.15) is 0 Å². The zero-order valence-corrected chi connectivity index (χ0v) is 12.7. The van der Waals surface area contributed by atoms with E-state index in [0.717, 1.165) is 11.1 Å². The van der Waals surface area contributed by atoms with E-state index < -0.39 is 5.97 Å². The molecule has 0 fully saturated rings. The summed E-state index contributed by atoms with van der Waals surface area (Å²) in [4.78, 5) is 25.8. The van der Waals surface area contributed by atoms with Gasteiger partial charge in [0.1, 0.15) is 12.4 Å². The molecule has 0 aliphatic rings. The molecule has 2 aromatic rings. The third kappa shape index (κ3) is 3.58. The van der Waals surface area contributed by atoms with E-state index in [0.29, 0.717) is 16.8 Å². The fourth-order valence-corrected chi connectivity index (χ4v) is 3.03. The monoisotopic (exact) mass is 309 g/mol. The highest BCUT2D eigenvalue weighted by molar-refractivity contribution is 7.20. The van der Waals surface area contributed by atoms with Gasteiger partial charge >= 0.3 is 5.97 Å². The Morgan fingerprint density at radius 2 is 2.10 bits per heavy atom. The molecule has 6 heteroatoms. The molecule has 0 unspecified atom stereocenters. The zero-order chi connectivity index (χ0) is 15.4. The molecular weight excluding hydrogens is 293 g/mol. The fourth-order valence-electron chi connectivity index (χ4n) is 2.02. The van der Waals surface area contributed by atoms with Crippen molar-refractivity contribution in [3.05, 3.63) is 35.0 Å². The van der Waals surface area contributed by atoms with Crippen LogP contribution in [-0.4, -0.2) is 37.0 Å². The number of carbonyl (C=O) groups is 2. The van der Waals surface area contributed by atoms with Gasteiger partial charge in [0.15, 0.2) is 0 Å². The van der Waals surface area contributed by atoms with Crippen LogP contribution in [-0.2, 0) is 9.53 Å². The van der Waals surface area contributed by atoms with Gasteiger partial charge in [0.2, 0.25) is 0 Å². The largest absolute Gasteiger partial charge is 0.468 e. The molecule has 0 radical (unpaired) electrons. The second kappa shape index (κ2) is 6.67. The molecule has 1 aromatic heterocycles. The van der Waals surface area contributed by atoms with Crippen LogP contribution in [0.3, 0.4) is 0 Å². The van der Waals surface area contributed by atoms with Crippen LogP contribution in [0.2, 0.25) is 0 Å². The van der Waals surface area contributed by atoms with E-state index in [1.807, 2.05) is 6.92 Å². The average Bonchev–Trinajstić information content (AvgIpc) is 2.88. The molecule has 4 nitrogen and oxygen atoms in total. The fraction of sp³-hybridized carbons (Fsp3) is 0.333. The van der Waals surface area contributed by atoms with Crippen molar-refractivity contribution < 1.29 is 18.7 Å². The number of carbonyl (C=O) groups excluding carboxylic acids is 2. The summed E-state index contributed by atoms with van der Waals surface area (Å²) < 4.78 is 18.6. The van der Waals surface area contributed by atoms with Crippen molar-refractivity contribution in [3.63, 3.8) is 0 Å². The topological polar surface area (TPSA) is 46.6 Å². The number of amides is 1. The highest BCUT2D eigenvalue weighted by Gasteiger charge is 2.20. The summed E-state index contributed by atoms with van der Waals surface area (Å²) in [5.41, 5.74) is 0. The first-order chi connectivity index (χ1) is 10.0. The molecule has 0 saturated heterocycles. The number of rotatable bonds is 5. The van der Waals surface area contributed by atoms with Crippen molar-refractivity contribution in [1.82, 2.24) is 4.90 Å². The molecule has 112 valence electrons. The van der Waals surface area contributed by atoms with Crippen LogP contribution in [0.4, 0.5) is 4.39 Å². The van der Waals surface area contributed by atoms with E-state index in [4.69, 9.17) is 0 Å². The number of fused-ring (bicyclic) bond motifs is 1. The number of nitrogens with zero attached hydrogens (tertiary/aromatic N) is 1. The quantitative estimate of drug-likeness (QED) is 0.798. The Labute approximate surface area is 126 Å². The summed E-state index contributed by atoms with van der Waals surface area (Å²) in [5.74, 6) is -1.02. The van der Waals surface area contributed by atoms with Crippen molar-refractivity contribution in [2.45, 2.75) is 13.3 Å². The molecule has 1 aromatic carbocycles. The number of methoxy groups -OCH3 is 1. The van der Waals surface area contributed by atoms with Crippen LogP contribution < -0.4 is 0 Å². The molecular formula is C15H16FNO3S. The van der Waals surface area contributed by atoms with E-state index in [-0.39, 0.29) is 18.3 Å². The smallest absolute Gasteiger partial charge is 0.325 e. The maximum Gasteiger partial charge on any atom is 0.325 e. The average molecular weight is 309 g/mol. The Hall–Kier alpha value is -1.95. The summed E-state index contributed by atoms with van der Waals surface area (Å²) >= 11 is 1.29. The van der Waals surface area contributed by atoms with E-state index in [1.165, 1.54) is 35.5 Å². The van der Waals surface area contributed by atoms with Crippen molar-refractivity contribution in [2.75, 3.05) is 20.2 Å². The van der Waals surface area contributed by atoms with Crippen LogP contribution >= 0.6 is 11.3 Å². The van der Waals surface area contributed by atoms with Gasteiger partial charge in [0, 0.05) is 11.2 Å². The number of ether oxygens (including phenoxy) is 1. The standard InChI is InChI=1S/C15H16FNO3S/c1-3-6-17(9-14(18)20-2)15(19)13-8-10-7-11(16)4-5-12(10)21-13/h4-5,7-8H,3,6,9H2,1-2H3. The molecule has 0 aliphatic carbocycles. The van der Waals surface area contributed by atoms with Crippen molar-refractivity contribution in [3.8, 4) is 0 Å². The molecule has 2 rings (SSSR count). The van der Waals surface area contributed by atoms with Gasteiger partial charge in [0.05, 0.1) is 12.0 Å². The van der Waals surface area contributed by atoms with Crippen molar-refractivity contribution in [1.29, 1.82) is 0 Å². The SMILES string of the molecule is CCCN(CC(=O)OC)C(=O)c1cc2cc(F)ccc2s1. The van der Waals surface area contributed by atoms with E-state index >= 15 is 0 Å². The zero-order valence-electron chi connectivity index (χ0n) is 11.9. The summed E-state index contributed by atoms with van der Waals surface area (Å²) in [7, 11) is 1.29. The summed E-state index contributed by atoms with van der Waals surface area (Å²) in [6, 6.07) is 6.07. The highest BCUT2D eigenvalue weighted by Crippen LogP contribution is 2.27. The Morgan fingerprint density at radius 3 is 2.76 bits per heavy atom. The summed E-state index contributed by atoms with van der Waals surface area (Å²) in [6.45, 7) is 2.32. The molecule has 1 amide bonds. The molecule has 0 atom stereocenters. The van der Waals surface area contributed by atoms with Gasteiger partial charge in [0.25, 0.3) is 5.91 Å². The third-order valence-corrected chi connectivity index (χ3v) is 4.12. The van der Waals surface area contributed by atoms with Crippen molar-refractivity contribution in [2.24, 2.45) is 0 Å². The van der Waals surface area contributed by atoms with Crippen LogP contribution in [0.15, 0.2) is 24.3 Å². The lowest BCUT2D eigenvalue weighted by Crippen LogP contribution is -2.36. The number of benzene rings is 1. The van der Waals surface area contributed by atoms with Gasteiger partial charge in [-0.3, -0.25) is 9.59 Å². The molecule has 0 aliphatic heterocycles. The predicted octanol–water partition coefficient (Wildman–Crippen LogP) is 3.07. The summed E-state index contributed by atoms with van der Waals surface area (Å²) in [6.07, 6.45) is 0.738. The van der Waals surface area contributed by atoms with Crippen LogP contribution in [0, 0.1) is 5.82 Å². The third-order valence-electron chi connectivity index (χ3n) is 3.02. The Morgan fingerprint density at radius 1 is 1.33 bits per heavy atom. The van der Waals surface area contributed by atoms with Crippen LogP contribution in [0.25, 0.3) is 10.1 Å². The minimum absolute atomic E-state index is 0.0776. The highest BCUT2D eigenvalue weighted by atomic mass is 32.1.